The normalized spacial score (nSPS) is 16.6. The Balaban J connectivity index is 0.000000892. The van der Waals surface area contributed by atoms with Crippen LogP contribution in [0.1, 0.15) is 96.1 Å². The lowest BCUT2D eigenvalue weighted by molar-refractivity contribution is -0.134. The standard InChI is InChI=1S/C23H39N.C2H4O2/c1-3-4-5-6-7-8-9-10-11-12-22-13-15-23(16-14-22)20-24-18-17-21(2)19-24;1-2(3)4/h13-16,21H,3-12,17-20H2,1-2H3;1H3,(H,3,4). The van der Waals surface area contributed by atoms with E-state index >= 15 is 0 Å². The van der Waals surface area contributed by atoms with Crippen LogP contribution in [-0.2, 0) is 17.8 Å². The van der Waals surface area contributed by atoms with E-state index in [2.05, 4.69) is 43.0 Å². The van der Waals surface area contributed by atoms with Crippen LogP contribution < -0.4 is 0 Å². The molecule has 0 bridgehead atoms. The van der Waals surface area contributed by atoms with Crippen molar-refractivity contribution in [3.8, 4) is 0 Å². The fourth-order valence-electron chi connectivity index (χ4n) is 3.88. The first-order chi connectivity index (χ1) is 13.5. The number of unbranched alkanes of at least 4 members (excludes halogenated alkanes) is 8. The molecule has 0 aliphatic carbocycles. The Morgan fingerprint density at radius 2 is 1.46 bits per heavy atom. The van der Waals surface area contributed by atoms with E-state index in [1.807, 2.05) is 0 Å². The van der Waals surface area contributed by atoms with Crippen LogP contribution in [0, 0.1) is 5.92 Å². The van der Waals surface area contributed by atoms with E-state index in [0.717, 1.165) is 19.4 Å². The van der Waals surface area contributed by atoms with Gasteiger partial charge in [-0.25, -0.2) is 0 Å². The molecule has 1 N–H and O–H groups in total. The van der Waals surface area contributed by atoms with Crippen molar-refractivity contribution >= 4 is 5.97 Å². The summed E-state index contributed by atoms with van der Waals surface area (Å²) in [5, 5.41) is 7.42. The summed E-state index contributed by atoms with van der Waals surface area (Å²) in [5.41, 5.74) is 3.01. The molecule has 1 aromatic carbocycles. The topological polar surface area (TPSA) is 40.5 Å². The van der Waals surface area contributed by atoms with E-state index in [1.165, 1.54) is 94.8 Å². The SMILES string of the molecule is CC(=O)O.CCCCCCCCCCCc1ccc(CN2CCC(C)C2)cc1. The van der Waals surface area contributed by atoms with Gasteiger partial charge in [0.1, 0.15) is 0 Å². The van der Waals surface area contributed by atoms with Gasteiger partial charge in [-0.15, -0.1) is 0 Å². The Bertz CT molecular complexity index is 508. The average molecular weight is 390 g/mol. The van der Waals surface area contributed by atoms with E-state index in [-0.39, 0.29) is 0 Å². The maximum absolute atomic E-state index is 9.00. The van der Waals surface area contributed by atoms with Gasteiger partial charge in [0.05, 0.1) is 0 Å². The molecule has 2 rings (SSSR count). The van der Waals surface area contributed by atoms with Gasteiger partial charge in [0.15, 0.2) is 0 Å². The van der Waals surface area contributed by atoms with Crippen LogP contribution in [0.15, 0.2) is 24.3 Å². The molecule has 1 heterocycles. The predicted molar refractivity (Wildman–Crippen MR) is 120 cm³/mol. The Morgan fingerprint density at radius 3 is 1.96 bits per heavy atom. The van der Waals surface area contributed by atoms with Crippen molar-refractivity contribution in [1.82, 2.24) is 4.90 Å². The number of aryl methyl sites for hydroxylation is 1. The lowest BCUT2D eigenvalue weighted by atomic mass is 10.0. The Kier molecular flexibility index (Phi) is 13.7. The van der Waals surface area contributed by atoms with Crippen molar-refractivity contribution in [2.45, 2.75) is 97.9 Å². The molecule has 0 radical (unpaired) electrons. The van der Waals surface area contributed by atoms with Gasteiger partial charge in [-0.3, -0.25) is 9.69 Å². The van der Waals surface area contributed by atoms with Crippen LogP contribution in [0.25, 0.3) is 0 Å². The van der Waals surface area contributed by atoms with E-state index in [0.29, 0.717) is 0 Å². The van der Waals surface area contributed by atoms with Gasteiger partial charge < -0.3 is 5.11 Å². The molecule has 3 heteroatoms. The van der Waals surface area contributed by atoms with E-state index in [9.17, 15) is 0 Å². The first-order valence-corrected chi connectivity index (χ1v) is 11.5. The van der Waals surface area contributed by atoms with Crippen molar-refractivity contribution in [3.63, 3.8) is 0 Å². The van der Waals surface area contributed by atoms with Crippen molar-refractivity contribution in [3.05, 3.63) is 35.4 Å². The molecule has 1 fully saturated rings. The number of hydrogen-bond acceptors (Lipinski definition) is 2. The predicted octanol–water partition coefficient (Wildman–Crippen LogP) is 6.69. The van der Waals surface area contributed by atoms with E-state index < -0.39 is 5.97 Å². The van der Waals surface area contributed by atoms with Crippen LogP contribution in [0.4, 0.5) is 0 Å². The van der Waals surface area contributed by atoms with Gasteiger partial charge in [-0.2, -0.15) is 0 Å². The monoisotopic (exact) mass is 389 g/mol. The lowest BCUT2D eigenvalue weighted by Gasteiger charge is -2.15. The Labute approximate surface area is 173 Å². The average Bonchev–Trinajstić information content (AvgIpc) is 3.06. The number of hydrogen-bond donors (Lipinski definition) is 1. The second-order valence-electron chi connectivity index (χ2n) is 8.54. The highest BCUT2D eigenvalue weighted by Gasteiger charge is 2.18. The Hall–Kier alpha value is -1.35. The minimum atomic E-state index is -0.833. The summed E-state index contributed by atoms with van der Waals surface area (Å²) < 4.78 is 0. The molecule has 1 atom stereocenters. The summed E-state index contributed by atoms with van der Waals surface area (Å²) in [6.07, 6.45) is 15.4. The van der Waals surface area contributed by atoms with Gasteiger partial charge >= 0.3 is 0 Å². The molecule has 1 unspecified atom stereocenters. The molecule has 0 amide bonds. The number of nitrogens with zero attached hydrogens (tertiary/aromatic N) is 1. The summed E-state index contributed by atoms with van der Waals surface area (Å²) in [6.45, 7) is 9.44. The van der Waals surface area contributed by atoms with Crippen LogP contribution >= 0.6 is 0 Å². The molecule has 1 saturated heterocycles. The second-order valence-corrected chi connectivity index (χ2v) is 8.54. The highest BCUT2D eigenvalue weighted by molar-refractivity contribution is 5.62. The maximum Gasteiger partial charge on any atom is 0.300 e. The molecule has 1 aromatic rings. The van der Waals surface area contributed by atoms with Crippen molar-refractivity contribution in [2.75, 3.05) is 13.1 Å². The van der Waals surface area contributed by atoms with Crippen LogP contribution in [0.3, 0.4) is 0 Å². The number of likely N-dealkylation sites (tertiary alicyclic amines) is 1. The van der Waals surface area contributed by atoms with Crippen molar-refractivity contribution < 1.29 is 9.90 Å². The fraction of sp³-hybridized carbons (Fsp3) is 0.720. The summed E-state index contributed by atoms with van der Waals surface area (Å²) in [4.78, 5) is 11.6. The molecule has 160 valence electrons. The highest BCUT2D eigenvalue weighted by atomic mass is 16.4. The summed E-state index contributed by atoms with van der Waals surface area (Å²) in [6, 6.07) is 9.43. The van der Waals surface area contributed by atoms with Gasteiger partial charge in [0.2, 0.25) is 0 Å². The molecule has 0 saturated carbocycles. The third kappa shape index (κ3) is 12.9. The molecular weight excluding hydrogens is 346 g/mol. The van der Waals surface area contributed by atoms with Crippen LogP contribution in [-0.4, -0.2) is 29.1 Å². The zero-order chi connectivity index (χ0) is 20.6. The van der Waals surface area contributed by atoms with E-state index in [1.54, 1.807) is 0 Å². The number of rotatable bonds is 12. The minimum Gasteiger partial charge on any atom is -0.481 e. The summed E-state index contributed by atoms with van der Waals surface area (Å²) >= 11 is 0. The maximum atomic E-state index is 9.00. The molecular formula is C25H43NO2. The smallest absolute Gasteiger partial charge is 0.300 e. The molecule has 0 aromatic heterocycles. The lowest BCUT2D eigenvalue weighted by Crippen LogP contribution is -2.19. The zero-order valence-corrected chi connectivity index (χ0v) is 18.6. The third-order valence-electron chi connectivity index (χ3n) is 5.51. The fourth-order valence-corrected chi connectivity index (χ4v) is 3.88. The van der Waals surface area contributed by atoms with Gasteiger partial charge in [-0.05, 0) is 42.9 Å². The summed E-state index contributed by atoms with van der Waals surface area (Å²) in [5.74, 6) is 0.0518. The first kappa shape index (κ1) is 24.7. The summed E-state index contributed by atoms with van der Waals surface area (Å²) in [7, 11) is 0. The molecule has 0 spiro atoms. The highest BCUT2D eigenvalue weighted by Crippen LogP contribution is 2.18. The van der Waals surface area contributed by atoms with Crippen molar-refractivity contribution in [2.24, 2.45) is 5.92 Å². The molecule has 1 aliphatic heterocycles. The molecule has 3 nitrogen and oxygen atoms in total. The van der Waals surface area contributed by atoms with Crippen LogP contribution in [0.2, 0.25) is 0 Å². The first-order valence-electron chi connectivity index (χ1n) is 11.5. The number of carboxylic acids is 1. The number of carboxylic acid groups (broad SMARTS) is 1. The van der Waals surface area contributed by atoms with Crippen molar-refractivity contribution in [1.29, 1.82) is 0 Å². The number of carbonyl (C=O) groups is 1. The van der Waals surface area contributed by atoms with Gasteiger partial charge in [0.25, 0.3) is 5.97 Å². The molecule has 1 aliphatic rings. The van der Waals surface area contributed by atoms with E-state index in [4.69, 9.17) is 9.90 Å². The number of benzene rings is 1. The number of aliphatic carboxylic acids is 1. The quantitative estimate of drug-likeness (QED) is 0.405. The second kappa shape index (κ2) is 15.6. The minimum absolute atomic E-state index is 0.833. The Morgan fingerprint density at radius 1 is 0.964 bits per heavy atom. The van der Waals surface area contributed by atoms with Gasteiger partial charge in [0, 0.05) is 20.0 Å². The zero-order valence-electron chi connectivity index (χ0n) is 18.6. The third-order valence-corrected chi connectivity index (χ3v) is 5.51. The largest absolute Gasteiger partial charge is 0.481 e. The molecule has 28 heavy (non-hydrogen) atoms. The van der Waals surface area contributed by atoms with Gasteiger partial charge in [-0.1, -0.05) is 89.5 Å². The van der Waals surface area contributed by atoms with Crippen LogP contribution in [0.5, 0.6) is 0 Å².